The van der Waals surface area contributed by atoms with Crippen LogP contribution in [0.15, 0.2) is 0 Å². The van der Waals surface area contributed by atoms with Crippen LogP contribution in [0.5, 0.6) is 0 Å². The van der Waals surface area contributed by atoms with Gasteiger partial charge in [0.05, 0.1) is 10.5 Å². The number of ketones is 1. The van der Waals surface area contributed by atoms with E-state index in [9.17, 15) is 23.1 Å². The van der Waals surface area contributed by atoms with Gasteiger partial charge in [0.15, 0.2) is 9.84 Å². The lowest BCUT2D eigenvalue weighted by Crippen LogP contribution is -2.44. The lowest BCUT2D eigenvalue weighted by Gasteiger charge is -2.32. The number of sulfone groups is 1. The highest BCUT2D eigenvalue weighted by Gasteiger charge is 2.47. The van der Waals surface area contributed by atoms with Crippen molar-refractivity contribution in [3.8, 4) is 0 Å². The van der Waals surface area contributed by atoms with Gasteiger partial charge in [-0.3, -0.25) is 9.59 Å². The van der Waals surface area contributed by atoms with E-state index in [2.05, 4.69) is 0 Å². The normalized spacial score (nSPS) is 25.3. The predicted octanol–water partition coefficient (Wildman–Crippen LogP) is 1.80. The van der Waals surface area contributed by atoms with Gasteiger partial charge in [-0.2, -0.15) is 0 Å². The van der Waals surface area contributed by atoms with Gasteiger partial charge in [0.1, 0.15) is 11.2 Å². The van der Waals surface area contributed by atoms with Crippen LogP contribution >= 0.6 is 0 Å². The van der Waals surface area contributed by atoms with Crippen LogP contribution in [0.4, 0.5) is 0 Å². The molecule has 0 amide bonds. The number of carboxylic acids is 1. The highest BCUT2D eigenvalue weighted by molar-refractivity contribution is 7.92. The number of rotatable bonds is 4. The van der Waals surface area contributed by atoms with Crippen molar-refractivity contribution in [2.45, 2.75) is 57.6 Å². The van der Waals surface area contributed by atoms with Crippen LogP contribution in [-0.4, -0.2) is 35.8 Å². The summed E-state index contributed by atoms with van der Waals surface area (Å²) in [5, 5.41) is 9.34. The summed E-state index contributed by atoms with van der Waals surface area (Å²) in [6.45, 7) is 4.75. The molecule has 0 aromatic heterocycles. The number of carbonyl (C=O) groups is 2. The minimum Gasteiger partial charge on any atom is -0.480 e. The Kier molecular flexibility index (Phi) is 4.44. The summed E-state index contributed by atoms with van der Waals surface area (Å²) in [5.74, 6) is -1.76. The van der Waals surface area contributed by atoms with Crippen LogP contribution in [0.2, 0.25) is 0 Å². The van der Waals surface area contributed by atoms with Gasteiger partial charge in [-0.15, -0.1) is 0 Å². The molecule has 0 aliphatic heterocycles. The molecule has 0 aromatic carbocycles. The third kappa shape index (κ3) is 3.16. The zero-order chi connectivity index (χ0) is 14.9. The van der Waals surface area contributed by atoms with Gasteiger partial charge < -0.3 is 5.11 Å². The Hall–Kier alpha value is -0.910. The zero-order valence-electron chi connectivity index (χ0n) is 11.7. The fourth-order valence-corrected chi connectivity index (χ4v) is 3.53. The SMILES string of the molecule is CC(C)(C)S(=O)(=O)CCC1(C(=O)O)CCCCC1=O. The molecule has 19 heavy (non-hydrogen) atoms. The quantitative estimate of drug-likeness (QED) is 0.798. The molecular formula is C13H22O5S. The van der Waals surface area contributed by atoms with E-state index in [-0.39, 0.29) is 30.8 Å². The molecule has 0 bridgehead atoms. The first-order valence-electron chi connectivity index (χ1n) is 6.52. The first kappa shape index (κ1) is 16.1. The second-order valence-electron chi connectivity index (χ2n) is 6.20. The standard InChI is InChI=1S/C13H22O5S/c1-12(2,3)19(17,18)9-8-13(11(15)16)7-5-4-6-10(13)14/h4-9H2,1-3H3,(H,15,16). The second kappa shape index (κ2) is 5.23. The van der Waals surface area contributed by atoms with Crippen molar-refractivity contribution in [2.24, 2.45) is 5.41 Å². The van der Waals surface area contributed by atoms with E-state index in [0.29, 0.717) is 12.8 Å². The Balaban J connectivity index is 2.94. The van der Waals surface area contributed by atoms with E-state index in [1.807, 2.05) is 0 Å². The van der Waals surface area contributed by atoms with E-state index in [4.69, 9.17) is 0 Å². The Labute approximate surface area is 114 Å². The van der Waals surface area contributed by atoms with Crippen LogP contribution in [0.1, 0.15) is 52.9 Å². The molecule has 0 aromatic rings. The van der Waals surface area contributed by atoms with Crippen molar-refractivity contribution in [1.29, 1.82) is 0 Å². The minimum atomic E-state index is -3.41. The molecular weight excluding hydrogens is 268 g/mol. The van der Waals surface area contributed by atoms with Crippen LogP contribution in [0.25, 0.3) is 0 Å². The maximum atomic E-state index is 12.1. The summed E-state index contributed by atoms with van der Waals surface area (Å²) in [6, 6.07) is 0. The third-order valence-electron chi connectivity index (χ3n) is 3.93. The molecule has 1 fully saturated rings. The smallest absolute Gasteiger partial charge is 0.317 e. The van der Waals surface area contributed by atoms with Crippen LogP contribution in [-0.2, 0) is 19.4 Å². The second-order valence-corrected chi connectivity index (χ2v) is 9.06. The summed E-state index contributed by atoms with van der Waals surface area (Å²) in [7, 11) is -3.41. The summed E-state index contributed by atoms with van der Waals surface area (Å²) < 4.78 is 23.2. The number of hydrogen-bond acceptors (Lipinski definition) is 4. The van der Waals surface area contributed by atoms with E-state index in [0.717, 1.165) is 0 Å². The van der Waals surface area contributed by atoms with Gasteiger partial charge in [0.25, 0.3) is 0 Å². The molecule has 0 radical (unpaired) electrons. The summed E-state index contributed by atoms with van der Waals surface area (Å²) in [6.07, 6.45) is 1.73. The van der Waals surface area contributed by atoms with Crippen LogP contribution in [0, 0.1) is 5.41 Å². The fraction of sp³-hybridized carbons (Fsp3) is 0.846. The Bertz CT molecular complexity index is 472. The highest BCUT2D eigenvalue weighted by atomic mass is 32.2. The molecule has 1 N–H and O–H groups in total. The maximum Gasteiger partial charge on any atom is 0.317 e. The molecule has 1 atom stereocenters. The van der Waals surface area contributed by atoms with E-state index >= 15 is 0 Å². The molecule has 1 aliphatic rings. The molecule has 1 unspecified atom stereocenters. The molecule has 0 heterocycles. The zero-order valence-corrected chi connectivity index (χ0v) is 12.5. The maximum absolute atomic E-state index is 12.1. The van der Waals surface area contributed by atoms with E-state index in [1.165, 1.54) is 0 Å². The monoisotopic (exact) mass is 290 g/mol. The Morgan fingerprint density at radius 1 is 1.32 bits per heavy atom. The largest absolute Gasteiger partial charge is 0.480 e. The van der Waals surface area contributed by atoms with Crippen molar-refractivity contribution >= 4 is 21.6 Å². The van der Waals surface area contributed by atoms with Gasteiger partial charge in [0.2, 0.25) is 0 Å². The number of aliphatic carboxylic acids is 1. The highest BCUT2D eigenvalue weighted by Crippen LogP contribution is 2.38. The molecule has 1 aliphatic carbocycles. The summed E-state index contributed by atoms with van der Waals surface area (Å²) in [4.78, 5) is 23.4. The van der Waals surface area contributed by atoms with E-state index in [1.54, 1.807) is 20.8 Å². The van der Waals surface area contributed by atoms with Crippen molar-refractivity contribution < 1.29 is 23.1 Å². The van der Waals surface area contributed by atoms with E-state index < -0.39 is 26.0 Å². The molecule has 1 rings (SSSR count). The number of carbonyl (C=O) groups excluding carboxylic acids is 1. The molecule has 6 heteroatoms. The lowest BCUT2D eigenvalue weighted by molar-refractivity contribution is -0.157. The van der Waals surface area contributed by atoms with Gasteiger partial charge in [-0.25, -0.2) is 8.42 Å². The van der Waals surface area contributed by atoms with Crippen molar-refractivity contribution in [3.63, 3.8) is 0 Å². The number of carboxylic acid groups (broad SMARTS) is 1. The minimum absolute atomic E-state index is 0.110. The molecule has 110 valence electrons. The summed E-state index contributed by atoms with van der Waals surface area (Å²) >= 11 is 0. The van der Waals surface area contributed by atoms with Gasteiger partial charge >= 0.3 is 5.97 Å². The first-order chi connectivity index (χ1) is 8.53. The Morgan fingerprint density at radius 2 is 1.89 bits per heavy atom. The molecule has 5 nitrogen and oxygen atoms in total. The predicted molar refractivity (Wildman–Crippen MR) is 71.7 cm³/mol. The average molecular weight is 290 g/mol. The first-order valence-corrected chi connectivity index (χ1v) is 8.17. The molecule has 0 spiro atoms. The van der Waals surface area contributed by atoms with Gasteiger partial charge in [-0.1, -0.05) is 6.42 Å². The van der Waals surface area contributed by atoms with Gasteiger partial charge in [-0.05, 0) is 40.0 Å². The Morgan fingerprint density at radius 3 is 2.32 bits per heavy atom. The van der Waals surface area contributed by atoms with Crippen molar-refractivity contribution in [3.05, 3.63) is 0 Å². The summed E-state index contributed by atoms with van der Waals surface area (Å²) in [5.41, 5.74) is -1.49. The lowest BCUT2D eigenvalue weighted by atomic mass is 9.71. The molecule has 1 saturated carbocycles. The van der Waals surface area contributed by atoms with Crippen molar-refractivity contribution in [2.75, 3.05) is 5.75 Å². The third-order valence-corrected chi connectivity index (χ3v) is 6.54. The molecule has 0 saturated heterocycles. The van der Waals surface area contributed by atoms with Gasteiger partial charge in [0, 0.05) is 6.42 Å². The topological polar surface area (TPSA) is 88.5 Å². The average Bonchev–Trinajstić information content (AvgIpc) is 2.26. The van der Waals surface area contributed by atoms with Crippen molar-refractivity contribution in [1.82, 2.24) is 0 Å². The number of Topliss-reactive ketones (excluding diaryl/α,β-unsaturated/α-hetero) is 1. The number of hydrogen-bond donors (Lipinski definition) is 1. The van der Waals surface area contributed by atoms with Crippen LogP contribution < -0.4 is 0 Å². The fourth-order valence-electron chi connectivity index (χ4n) is 2.30. The van der Waals surface area contributed by atoms with Crippen LogP contribution in [0.3, 0.4) is 0 Å².